The van der Waals surface area contributed by atoms with Crippen molar-refractivity contribution < 1.29 is 90.3 Å². The molecule has 2 N–H and O–H groups in total. The van der Waals surface area contributed by atoms with Gasteiger partial charge in [0.05, 0.1) is 0 Å². The van der Waals surface area contributed by atoms with Crippen molar-refractivity contribution >= 4 is 10.1 Å². The number of ether oxygens (including phenoxy) is 2. The number of para-hydroxylation sites is 1. The first-order valence-corrected chi connectivity index (χ1v) is 15.1. The predicted octanol–water partition coefficient (Wildman–Crippen LogP) is 7.96. The Bertz CT molecular complexity index is 1090. The summed E-state index contributed by atoms with van der Waals surface area (Å²) in [6.45, 7) is 1.32. The van der Waals surface area contributed by atoms with E-state index in [0.29, 0.717) is 0 Å². The van der Waals surface area contributed by atoms with Crippen molar-refractivity contribution in [2.75, 3.05) is 20.3 Å². The van der Waals surface area contributed by atoms with Gasteiger partial charge in [0.1, 0.15) is 0 Å². The first kappa shape index (κ1) is 41.6. The van der Waals surface area contributed by atoms with E-state index in [0.717, 1.165) is 30.2 Å². The molecule has 0 aromatic heterocycles. The molecule has 252 valence electrons. The summed E-state index contributed by atoms with van der Waals surface area (Å²) in [7, 11) is 1.70. The second-order valence-electron chi connectivity index (χ2n) is 8.85. The van der Waals surface area contributed by atoms with E-state index in [1.807, 2.05) is 48.5 Å². The number of methoxy groups -OCH3 is 1. The van der Waals surface area contributed by atoms with Crippen LogP contribution in [0.5, 0.6) is 5.75 Å². The number of alkyl halides is 12. The van der Waals surface area contributed by atoms with Crippen molar-refractivity contribution in [1.29, 1.82) is 0 Å². The van der Waals surface area contributed by atoms with Crippen molar-refractivity contribution in [3.63, 3.8) is 0 Å². The molecule has 1 saturated heterocycles. The fourth-order valence-corrected chi connectivity index (χ4v) is 4.40. The van der Waals surface area contributed by atoms with Crippen LogP contribution in [0.1, 0.15) is 32.3 Å². The third kappa shape index (κ3) is 13.7. The molecule has 1 aliphatic rings. The van der Waals surface area contributed by atoms with E-state index in [1.54, 1.807) is 7.11 Å². The molecule has 18 heteroatoms. The minimum atomic E-state index is -5.69. The molecular formula is C26H29F12NO4W. The molecule has 2 aromatic rings. The Hall–Kier alpha value is -2.36. The van der Waals surface area contributed by atoms with E-state index < -0.39 is 53.8 Å². The summed E-state index contributed by atoms with van der Waals surface area (Å²) >= 11 is -0.847. The van der Waals surface area contributed by atoms with Gasteiger partial charge in [0.25, 0.3) is 11.2 Å². The fraction of sp³-hybridized carbons (Fsp3) is 0.500. The van der Waals surface area contributed by atoms with Gasteiger partial charge in [-0.3, -0.25) is 0 Å². The summed E-state index contributed by atoms with van der Waals surface area (Å²) in [4.78, 5) is 0. The van der Waals surface area contributed by atoms with Crippen LogP contribution >= 0.6 is 0 Å². The number of rotatable bonds is 3. The summed E-state index contributed by atoms with van der Waals surface area (Å²) in [5, 5.41) is 15.9. The molecule has 1 fully saturated rings. The molecule has 0 atom stereocenters. The molecule has 5 nitrogen and oxygen atoms in total. The maximum absolute atomic E-state index is 11.4. The van der Waals surface area contributed by atoms with Crippen LogP contribution in [-0.2, 0) is 22.7 Å². The van der Waals surface area contributed by atoms with E-state index in [1.165, 1.54) is 12.8 Å². The number of nitrogens with zero attached hydrogens (tertiary/aromatic N) is 1. The minimum absolute atomic E-state index is 0.340. The molecule has 1 aliphatic heterocycles. The van der Waals surface area contributed by atoms with E-state index >= 15 is 0 Å². The van der Waals surface area contributed by atoms with Crippen LogP contribution in [0.2, 0.25) is 0 Å². The SMILES string of the molecule is C1CCOC1.CC(O)(C(F)(F)F)C(F)(F)F.CC(O)(C(F)(F)F)C(F)(F)F.COc1ccccc1[CH]=[W]=[N]c1ccccc1. The van der Waals surface area contributed by atoms with Crippen LogP contribution in [0.3, 0.4) is 0 Å². The molecule has 3 rings (SSSR count). The molecule has 1 heterocycles. The average molecular weight is 831 g/mol. The predicted molar refractivity (Wildman–Crippen MR) is 132 cm³/mol. The standard InChI is InChI=1S/C8H8O.C6H5N.2C4H4F6O.C4H8O.W/c1-7-5-3-4-6-8(7)9-2;7-6-4-2-1-3-5-6;2*1-2(11,3(5,6)7)4(8,9)10;1-2-4-5-3-1;/h1,3-6H,2H3;1-5H;2*11H,1H3;1-4H2;. The summed E-state index contributed by atoms with van der Waals surface area (Å²) in [5.74, 6) is 0.927. The Balaban J connectivity index is 0.000000602. The normalized spacial score (nSPS) is 14.0. The maximum atomic E-state index is 11.4. The summed E-state index contributed by atoms with van der Waals surface area (Å²) < 4.78 is 153. The zero-order valence-electron chi connectivity index (χ0n) is 23.2. The molecule has 0 unspecified atom stereocenters. The Morgan fingerprint density at radius 1 is 0.682 bits per heavy atom. The van der Waals surface area contributed by atoms with Crippen LogP contribution in [0.15, 0.2) is 58.1 Å². The molecule has 2 aromatic carbocycles. The first-order valence-electron chi connectivity index (χ1n) is 12.1. The Kier molecular flexibility index (Phi) is 16.4. The fourth-order valence-electron chi connectivity index (χ4n) is 2.23. The van der Waals surface area contributed by atoms with Crippen molar-refractivity contribution in [3.8, 4) is 5.75 Å². The Morgan fingerprint density at radius 2 is 1.07 bits per heavy atom. The van der Waals surface area contributed by atoms with E-state index in [-0.39, 0.29) is 13.8 Å². The first-order chi connectivity index (χ1) is 19.9. The topological polar surface area (TPSA) is 71.3 Å². The number of hydrogen-bond acceptors (Lipinski definition) is 5. The van der Waals surface area contributed by atoms with Gasteiger partial charge in [0.2, 0.25) is 0 Å². The quantitative estimate of drug-likeness (QED) is 0.308. The molecule has 0 spiro atoms. The molecule has 0 bridgehead atoms. The third-order valence-corrected chi connectivity index (χ3v) is 7.70. The van der Waals surface area contributed by atoms with Gasteiger partial charge in [-0.05, 0) is 26.7 Å². The van der Waals surface area contributed by atoms with E-state index in [4.69, 9.17) is 19.7 Å². The van der Waals surface area contributed by atoms with E-state index in [9.17, 15) is 52.7 Å². The van der Waals surface area contributed by atoms with Gasteiger partial charge in [-0.15, -0.1) is 0 Å². The van der Waals surface area contributed by atoms with Crippen LogP contribution in [0, 0.1) is 0 Å². The van der Waals surface area contributed by atoms with Crippen molar-refractivity contribution in [3.05, 3.63) is 60.2 Å². The second-order valence-corrected chi connectivity index (χ2v) is 11.1. The van der Waals surface area contributed by atoms with Gasteiger partial charge in [0, 0.05) is 13.2 Å². The molecular weight excluding hydrogens is 802 g/mol. The van der Waals surface area contributed by atoms with Crippen LogP contribution < -0.4 is 4.74 Å². The number of benzene rings is 2. The zero-order chi connectivity index (χ0) is 34.5. The molecule has 0 radical (unpaired) electrons. The number of aliphatic hydroxyl groups is 2. The van der Waals surface area contributed by atoms with Gasteiger partial charge in [-0.25, -0.2) is 0 Å². The van der Waals surface area contributed by atoms with Gasteiger partial charge in [-0.1, -0.05) is 0 Å². The third-order valence-electron chi connectivity index (χ3n) is 5.27. The molecule has 0 saturated carbocycles. The summed E-state index contributed by atoms with van der Waals surface area (Å²) in [6, 6.07) is 18.2. The van der Waals surface area contributed by atoms with Crippen molar-refractivity contribution in [1.82, 2.24) is 0 Å². The van der Waals surface area contributed by atoms with E-state index in [2.05, 4.69) is 14.0 Å². The Morgan fingerprint density at radius 3 is 1.39 bits per heavy atom. The van der Waals surface area contributed by atoms with Gasteiger partial charge in [0.15, 0.2) is 0 Å². The van der Waals surface area contributed by atoms with Crippen LogP contribution in [-0.4, -0.2) is 70.8 Å². The average Bonchev–Trinajstić information content (AvgIpc) is 3.48. The number of halogens is 12. The summed E-state index contributed by atoms with van der Waals surface area (Å²) in [6.07, 6.45) is -20.2. The van der Waals surface area contributed by atoms with Crippen molar-refractivity contribution in [2.45, 2.75) is 62.6 Å². The van der Waals surface area contributed by atoms with Gasteiger partial charge >= 0.3 is 134 Å². The van der Waals surface area contributed by atoms with Gasteiger partial charge in [-0.2, -0.15) is 52.7 Å². The van der Waals surface area contributed by atoms with Crippen molar-refractivity contribution in [2.24, 2.45) is 3.50 Å². The van der Waals surface area contributed by atoms with Crippen LogP contribution in [0.25, 0.3) is 0 Å². The molecule has 44 heavy (non-hydrogen) atoms. The molecule has 0 aliphatic carbocycles. The van der Waals surface area contributed by atoms with Crippen LogP contribution in [0.4, 0.5) is 58.4 Å². The monoisotopic (exact) mass is 831 g/mol. The second kappa shape index (κ2) is 17.4. The molecule has 0 amide bonds. The zero-order valence-corrected chi connectivity index (χ0v) is 26.1. The van der Waals surface area contributed by atoms with Gasteiger partial charge < -0.3 is 14.9 Å². The Labute approximate surface area is 252 Å². The number of hydrogen-bond donors (Lipinski definition) is 2. The summed E-state index contributed by atoms with van der Waals surface area (Å²) in [5.41, 5.74) is -7.02.